The van der Waals surface area contributed by atoms with Crippen LogP contribution in [0.15, 0.2) is 54.9 Å². The van der Waals surface area contributed by atoms with Crippen molar-refractivity contribution in [2.24, 2.45) is 13.0 Å². The lowest BCUT2D eigenvalue weighted by Crippen LogP contribution is -2.24. The molecule has 4 aromatic rings. The molecule has 2 fully saturated rings. The zero-order chi connectivity index (χ0) is 27.9. The minimum atomic E-state index is -0.0269. The number of rotatable bonds is 8. The van der Waals surface area contributed by atoms with Crippen LogP contribution in [0, 0.1) is 12.5 Å². The Balaban J connectivity index is 1.20. The number of carbonyl (C=O) groups is 1. The molecule has 0 N–H and O–H groups in total. The van der Waals surface area contributed by atoms with Crippen molar-refractivity contribution in [3.05, 3.63) is 88.7 Å². The molecule has 0 bridgehead atoms. The van der Waals surface area contributed by atoms with Crippen LogP contribution < -0.4 is 4.90 Å². The first-order valence-electron chi connectivity index (χ1n) is 14.5. The highest BCUT2D eigenvalue weighted by Crippen LogP contribution is 2.43. The third kappa shape index (κ3) is 5.02. The highest BCUT2D eigenvalue weighted by molar-refractivity contribution is 6.10. The van der Waals surface area contributed by atoms with E-state index >= 15 is 0 Å². The summed E-state index contributed by atoms with van der Waals surface area (Å²) in [7, 11) is 1.89. The summed E-state index contributed by atoms with van der Waals surface area (Å²) in [5.74, 6) is 2.39. The van der Waals surface area contributed by atoms with Gasteiger partial charge in [0.25, 0.3) is 5.91 Å². The standard InChI is InChI=1S/C33H32N6O2/c1-34-26-11-12-27(29(16-26)32-37-35-20-38(32)2)25-14-30(23-9-10-23)36-31(15-25)39-17-24-8-7-22(13-28(24)33(39)40)19-41-18-21-5-3-4-6-21/h7-8,11-16,20-21,23H,3-6,9-10,17-19H2,2H3. The maximum Gasteiger partial charge on any atom is 0.260 e. The van der Waals surface area contributed by atoms with Gasteiger partial charge in [0.05, 0.1) is 19.7 Å². The fraction of sp³-hybridized carbons (Fsp3) is 0.364. The van der Waals surface area contributed by atoms with Crippen molar-refractivity contribution in [2.45, 2.75) is 57.6 Å². The number of hydrogen-bond acceptors (Lipinski definition) is 5. The number of nitrogens with zero attached hydrogens (tertiary/aromatic N) is 6. The molecule has 0 unspecified atom stereocenters. The minimum Gasteiger partial charge on any atom is -0.376 e. The van der Waals surface area contributed by atoms with E-state index in [4.69, 9.17) is 16.3 Å². The number of benzene rings is 2. The maximum atomic E-state index is 13.7. The first kappa shape index (κ1) is 25.6. The molecule has 2 aromatic heterocycles. The summed E-state index contributed by atoms with van der Waals surface area (Å²) in [6, 6.07) is 15.9. The van der Waals surface area contributed by atoms with E-state index in [9.17, 15) is 4.79 Å². The number of carbonyl (C=O) groups excluding carboxylic acids is 1. The van der Waals surface area contributed by atoms with Crippen molar-refractivity contribution in [1.82, 2.24) is 19.7 Å². The Hall–Kier alpha value is -4.35. The van der Waals surface area contributed by atoms with Crippen LogP contribution >= 0.6 is 0 Å². The topological polar surface area (TPSA) is 77.5 Å². The summed E-state index contributed by atoms with van der Waals surface area (Å²) in [5.41, 5.74) is 7.03. The largest absolute Gasteiger partial charge is 0.376 e. The van der Waals surface area contributed by atoms with Gasteiger partial charge in [-0.25, -0.2) is 9.83 Å². The highest BCUT2D eigenvalue weighted by atomic mass is 16.5. The van der Waals surface area contributed by atoms with Crippen LogP contribution in [0.5, 0.6) is 0 Å². The van der Waals surface area contributed by atoms with Crippen LogP contribution in [-0.2, 0) is 24.9 Å². The summed E-state index contributed by atoms with van der Waals surface area (Å²) in [4.78, 5) is 24.2. The van der Waals surface area contributed by atoms with Crippen LogP contribution in [0.4, 0.5) is 11.5 Å². The van der Waals surface area contributed by atoms with Crippen molar-refractivity contribution in [3.63, 3.8) is 0 Å². The Morgan fingerprint density at radius 2 is 1.85 bits per heavy atom. The fourth-order valence-corrected chi connectivity index (χ4v) is 6.13. The second-order valence-electron chi connectivity index (χ2n) is 11.6. The lowest BCUT2D eigenvalue weighted by atomic mass is 9.97. The predicted octanol–water partition coefficient (Wildman–Crippen LogP) is 6.84. The Morgan fingerprint density at radius 3 is 2.61 bits per heavy atom. The highest BCUT2D eigenvalue weighted by Gasteiger charge is 2.32. The minimum absolute atomic E-state index is 0.0269. The maximum absolute atomic E-state index is 13.7. The molecule has 0 radical (unpaired) electrons. The second-order valence-corrected chi connectivity index (χ2v) is 11.6. The average Bonchev–Trinajstić information content (AvgIpc) is 3.39. The van der Waals surface area contributed by atoms with E-state index in [0.717, 1.165) is 58.5 Å². The fourth-order valence-electron chi connectivity index (χ4n) is 6.13. The lowest BCUT2D eigenvalue weighted by molar-refractivity contribution is 0.0887. The molecule has 0 spiro atoms. The van der Waals surface area contributed by atoms with Gasteiger partial charge in [-0.15, -0.1) is 10.2 Å². The molecular formula is C33H32N6O2. The van der Waals surface area contributed by atoms with Gasteiger partial charge in [0, 0.05) is 36.4 Å². The van der Waals surface area contributed by atoms with E-state index in [1.807, 2.05) is 41.9 Å². The second kappa shape index (κ2) is 10.6. The summed E-state index contributed by atoms with van der Waals surface area (Å²) >= 11 is 0. The Labute approximate surface area is 239 Å². The average molecular weight is 545 g/mol. The molecule has 0 atom stereocenters. The van der Waals surface area contributed by atoms with Gasteiger partial charge in [0.1, 0.15) is 12.1 Å². The van der Waals surface area contributed by atoms with Crippen LogP contribution in [-0.4, -0.2) is 32.3 Å². The summed E-state index contributed by atoms with van der Waals surface area (Å²) < 4.78 is 7.88. The van der Waals surface area contributed by atoms with Crippen molar-refractivity contribution in [3.8, 4) is 22.5 Å². The Kier molecular flexibility index (Phi) is 6.60. The van der Waals surface area contributed by atoms with Crippen LogP contribution in [0.25, 0.3) is 27.4 Å². The SMILES string of the molecule is [C-]#[N+]c1ccc(-c2cc(C3CC3)nc(N3Cc4ccc(COCC5CCCC5)cc4C3=O)c2)c(-c2nncn2C)c1. The van der Waals surface area contributed by atoms with Crippen LogP contribution in [0.3, 0.4) is 0 Å². The monoisotopic (exact) mass is 544 g/mol. The van der Waals surface area contributed by atoms with Gasteiger partial charge in [0.2, 0.25) is 0 Å². The van der Waals surface area contributed by atoms with Gasteiger partial charge >= 0.3 is 0 Å². The molecule has 1 aliphatic heterocycles. The third-order valence-electron chi connectivity index (χ3n) is 8.57. The first-order valence-corrected chi connectivity index (χ1v) is 14.5. The molecular weight excluding hydrogens is 512 g/mol. The predicted molar refractivity (Wildman–Crippen MR) is 156 cm³/mol. The zero-order valence-electron chi connectivity index (χ0n) is 23.2. The van der Waals surface area contributed by atoms with Crippen molar-refractivity contribution in [2.75, 3.05) is 11.5 Å². The molecule has 206 valence electrons. The number of fused-ring (bicyclic) bond motifs is 1. The first-order chi connectivity index (χ1) is 20.1. The quantitative estimate of drug-likeness (QED) is 0.227. The van der Waals surface area contributed by atoms with Crippen molar-refractivity contribution < 1.29 is 9.53 Å². The smallest absolute Gasteiger partial charge is 0.260 e. The molecule has 8 nitrogen and oxygen atoms in total. The van der Waals surface area contributed by atoms with Gasteiger partial charge < -0.3 is 9.30 Å². The number of aryl methyl sites for hydroxylation is 1. The molecule has 2 aliphatic carbocycles. The van der Waals surface area contributed by atoms with E-state index in [-0.39, 0.29) is 5.91 Å². The van der Waals surface area contributed by atoms with Gasteiger partial charge in [-0.05, 0) is 78.1 Å². The number of anilines is 1. The molecule has 8 heteroatoms. The normalized spacial score (nSPS) is 16.8. The van der Waals surface area contributed by atoms with E-state index in [1.165, 1.54) is 25.7 Å². The molecule has 7 rings (SSSR count). The van der Waals surface area contributed by atoms with E-state index in [1.54, 1.807) is 11.2 Å². The van der Waals surface area contributed by atoms with Gasteiger partial charge in [-0.2, -0.15) is 0 Å². The number of ether oxygens (including phenoxy) is 1. The summed E-state index contributed by atoms with van der Waals surface area (Å²) in [5, 5.41) is 8.39. The number of hydrogen-bond donors (Lipinski definition) is 0. The number of amides is 1. The van der Waals surface area contributed by atoms with E-state index in [0.29, 0.717) is 42.3 Å². The van der Waals surface area contributed by atoms with Gasteiger partial charge in [0.15, 0.2) is 11.5 Å². The molecule has 1 amide bonds. The molecule has 3 heterocycles. The van der Waals surface area contributed by atoms with Gasteiger partial charge in [-0.1, -0.05) is 37.1 Å². The van der Waals surface area contributed by atoms with E-state index in [2.05, 4.69) is 33.2 Å². The Bertz CT molecular complexity index is 1680. The van der Waals surface area contributed by atoms with Crippen LogP contribution in [0.2, 0.25) is 0 Å². The van der Waals surface area contributed by atoms with Crippen LogP contribution in [0.1, 0.15) is 71.6 Å². The molecule has 3 aliphatic rings. The summed E-state index contributed by atoms with van der Waals surface area (Å²) in [6.45, 7) is 9.36. The third-order valence-corrected chi connectivity index (χ3v) is 8.57. The van der Waals surface area contributed by atoms with E-state index < -0.39 is 0 Å². The van der Waals surface area contributed by atoms with Gasteiger partial charge in [-0.3, -0.25) is 9.69 Å². The Morgan fingerprint density at radius 1 is 1.00 bits per heavy atom. The molecule has 2 aromatic carbocycles. The lowest BCUT2D eigenvalue weighted by Gasteiger charge is -2.18. The molecule has 41 heavy (non-hydrogen) atoms. The number of pyridine rings is 1. The zero-order valence-corrected chi connectivity index (χ0v) is 23.2. The summed E-state index contributed by atoms with van der Waals surface area (Å²) in [6.07, 6.45) is 8.99. The van der Waals surface area contributed by atoms with Crippen molar-refractivity contribution in [1.29, 1.82) is 0 Å². The number of aromatic nitrogens is 4. The van der Waals surface area contributed by atoms with Crippen molar-refractivity contribution >= 4 is 17.4 Å². The molecule has 0 saturated heterocycles. The molecule has 2 saturated carbocycles.